The third kappa shape index (κ3) is 1.28. The summed E-state index contributed by atoms with van der Waals surface area (Å²) < 4.78 is 0. The lowest BCUT2D eigenvalue weighted by Gasteiger charge is -2.01. The number of aryl methyl sites for hydroxylation is 1. The van der Waals surface area contributed by atoms with Crippen LogP contribution in [0, 0.1) is 6.92 Å². The number of aromatic nitrogens is 1. The zero-order valence-corrected chi connectivity index (χ0v) is 7.16. The van der Waals surface area contributed by atoms with Gasteiger partial charge in [-0.05, 0) is 30.7 Å². The minimum Gasteiger partial charge on any atom is -0.508 e. The highest BCUT2D eigenvalue weighted by Crippen LogP contribution is 2.19. The third-order valence-corrected chi connectivity index (χ3v) is 2.03. The molecule has 1 aromatic heterocycles. The molecule has 0 unspecified atom stereocenters. The molecule has 1 aromatic carbocycles. The molecule has 0 fully saturated rings. The maximum atomic E-state index is 11.1. The van der Waals surface area contributed by atoms with Crippen molar-refractivity contribution in [2.75, 3.05) is 0 Å². The molecule has 0 spiro atoms. The molecule has 1 heterocycles. The minimum absolute atomic E-state index is 0.115. The van der Waals surface area contributed by atoms with Crippen molar-refractivity contribution in [3.05, 3.63) is 40.2 Å². The van der Waals surface area contributed by atoms with Crippen LogP contribution in [0.1, 0.15) is 5.56 Å². The molecule has 0 aliphatic carbocycles. The van der Waals surface area contributed by atoms with Gasteiger partial charge >= 0.3 is 0 Å². The Balaban J connectivity index is 2.95. The van der Waals surface area contributed by atoms with E-state index in [-0.39, 0.29) is 11.3 Å². The van der Waals surface area contributed by atoms with Crippen molar-refractivity contribution in [2.45, 2.75) is 6.92 Å². The predicted molar refractivity (Wildman–Crippen MR) is 51.0 cm³/mol. The van der Waals surface area contributed by atoms with Gasteiger partial charge in [-0.25, -0.2) is 0 Å². The number of pyridine rings is 1. The molecular formula is C10H9NO2. The van der Waals surface area contributed by atoms with Gasteiger partial charge < -0.3 is 10.1 Å². The SMILES string of the molecule is Cc1cc(=O)[nH]c2ccc(O)cc12. The van der Waals surface area contributed by atoms with E-state index in [0.29, 0.717) is 0 Å². The molecule has 0 aliphatic rings. The molecule has 0 atom stereocenters. The van der Waals surface area contributed by atoms with Crippen LogP contribution < -0.4 is 5.56 Å². The van der Waals surface area contributed by atoms with Gasteiger partial charge in [-0.3, -0.25) is 4.79 Å². The Kier molecular flexibility index (Phi) is 1.59. The predicted octanol–water partition coefficient (Wildman–Crippen LogP) is 1.54. The van der Waals surface area contributed by atoms with Crippen LogP contribution in [-0.2, 0) is 0 Å². The number of hydrogen-bond donors (Lipinski definition) is 2. The second-order valence-corrected chi connectivity index (χ2v) is 3.05. The molecule has 0 amide bonds. The van der Waals surface area contributed by atoms with Gasteiger partial charge in [-0.1, -0.05) is 0 Å². The van der Waals surface area contributed by atoms with Gasteiger partial charge in [-0.2, -0.15) is 0 Å². The minimum atomic E-state index is -0.115. The standard InChI is InChI=1S/C10H9NO2/c1-6-4-10(13)11-9-3-2-7(12)5-8(6)9/h2-5,12H,1H3,(H,11,13). The molecule has 0 bridgehead atoms. The summed E-state index contributed by atoms with van der Waals surface area (Å²) in [7, 11) is 0. The summed E-state index contributed by atoms with van der Waals surface area (Å²) in [5.41, 5.74) is 1.51. The fourth-order valence-electron chi connectivity index (χ4n) is 1.41. The lowest BCUT2D eigenvalue weighted by atomic mass is 10.1. The van der Waals surface area contributed by atoms with Crippen molar-refractivity contribution >= 4 is 10.9 Å². The summed E-state index contributed by atoms with van der Waals surface area (Å²) in [4.78, 5) is 13.8. The number of phenols is 1. The molecule has 13 heavy (non-hydrogen) atoms. The van der Waals surface area contributed by atoms with Crippen molar-refractivity contribution in [2.24, 2.45) is 0 Å². The molecule has 3 nitrogen and oxygen atoms in total. The number of hydrogen-bond acceptors (Lipinski definition) is 2. The van der Waals surface area contributed by atoms with Gasteiger partial charge in [0.05, 0.1) is 0 Å². The summed E-state index contributed by atoms with van der Waals surface area (Å²) in [6.07, 6.45) is 0. The molecule has 0 saturated carbocycles. The molecular weight excluding hydrogens is 166 g/mol. The fourth-order valence-corrected chi connectivity index (χ4v) is 1.41. The van der Waals surface area contributed by atoms with Crippen molar-refractivity contribution in [3.63, 3.8) is 0 Å². The normalized spacial score (nSPS) is 10.5. The van der Waals surface area contributed by atoms with Crippen LogP contribution in [-0.4, -0.2) is 10.1 Å². The summed E-state index contributed by atoms with van der Waals surface area (Å²) in [6.45, 7) is 1.84. The molecule has 2 aromatic rings. The smallest absolute Gasteiger partial charge is 0.248 e. The Morgan fingerprint density at radius 2 is 2.08 bits per heavy atom. The topological polar surface area (TPSA) is 53.1 Å². The van der Waals surface area contributed by atoms with E-state index in [0.717, 1.165) is 16.5 Å². The van der Waals surface area contributed by atoms with Gasteiger partial charge in [0.15, 0.2) is 0 Å². The fraction of sp³-hybridized carbons (Fsp3) is 0.100. The van der Waals surface area contributed by atoms with E-state index in [1.165, 1.54) is 6.07 Å². The zero-order valence-electron chi connectivity index (χ0n) is 7.16. The summed E-state index contributed by atoms with van der Waals surface area (Å²) in [6, 6.07) is 6.40. The van der Waals surface area contributed by atoms with E-state index in [2.05, 4.69) is 4.98 Å². The van der Waals surface area contributed by atoms with Crippen LogP contribution in [0.15, 0.2) is 29.1 Å². The number of aromatic hydroxyl groups is 1. The van der Waals surface area contributed by atoms with E-state index >= 15 is 0 Å². The number of nitrogens with one attached hydrogen (secondary N) is 1. The Bertz CT molecular complexity index is 514. The Labute approximate surface area is 74.7 Å². The van der Waals surface area contributed by atoms with Crippen LogP contribution in [0.4, 0.5) is 0 Å². The monoisotopic (exact) mass is 175 g/mol. The van der Waals surface area contributed by atoms with E-state index in [1.54, 1.807) is 18.2 Å². The highest BCUT2D eigenvalue weighted by molar-refractivity contribution is 5.82. The Hall–Kier alpha value is -1.77. The largest absolute Gasteiger partial charge is 0.508 e. The molecule has 3 heteroatoms. The van der Waals surface area contributed by atoms with E-state index in [4.69, 9.17) is 0 Å². The quantitative estimate of drug-likeness (QED) is 0.638. The number of rotatable bonds is 0. The van der Waals surface area contributed by atoms with Crippen molar-refractivity contribution in [3.8, 4) is 5.75 Å². The molecule has 0 radical (unpaired) electrons. The van der Waals surface area contributed by atoms with Crippen molar-refractivity contribution in [1.82, 2.24) is 4.98 Å². The van der Waals surface area contributed by atoms with Gasteiger partial charge in [0, 0.05) is 17.0 Å². The molecule has 0 saturated heterocycles. The first kappa shape index (κ1) is 7.86. The molecule has 0 aliphatic heterocycles. The van der Waals surface area contributed by atoms with Crippen LogP contribution >= 0.6 is 0 Å². The lowest BCUT2D eigenvalue weighted by molar-refractivity contribution is 0.476. The number of phenolic OH excluding ortho intramolecular Hbond substituents is 1. The van der Waals surface area contributed by atoms with Crippen LogP contribution in [0.5, 0.6) is 5.75 Å². The van der Waals surface area contributed by atoms with Gasteiger partial charge in [0.25, 0.3) is 0 Å². The zero-order chi connectivity index (χ0) is 9.42. The van der Waals surface area contributed by atoms with Gasteiger partial charge in [-0.15, -0.1) is 0 Å². The van der Waals surface area contributed by atoms with Crippen molar-refractivity contribution in [1.29, 1.82) is 0 Å². The number of benzene rings is 1. The van der Waals surface area contributed by atoms with Crippen LogP contribution in [0.2, 0.25) is 0 Å². The maximum Gasteiger partial charge on any atom is 0.248 e. The maximum absolute atomic E-state index is 11.1. The molecule has 2 rings (SSSR count). The highest BCUT2D eigenvalue weighted by Gasteiger charge is 1.99. The number of fused-ring (bicyclic) bond motifs is 1. The average molecular weight is 175 g/mol. The molecule has 2 N–H and O–H groups in total. The summed E-state index contributed by atoms with van der Waals surface area (Å²) in [5, 5.41) is 10.1. The summed E-state index contributed by atoms with van der Waals surface area (Å²) in [5.74, 6) is 0.211. The second kappa shape index (κ2) is 2.62. The molecule has 66 valence electrons. The van der Waals surface area contributed by atoms with E-state index in [9.17, 15) is 9.90 Å². The Morgan fingerprint density at radius 3 is 2.85 bits per heavy atom. The average Bonchev–Trinajstić information content (AvgIpc) is 2.06. The van der Waals surface area contributed by atoms with Gasteiger partial charge in [0.2, 0.25) is 5.56 Å². The van der Waals surface area contributed by atoms with Crippen molar-refractivity contribution < 1.29 is 5.11 Å². The third-order valence-electron chi connectivity index (χ3n) is 2.03. The Morgan fingerprint density at radius 1 is 1.31 bits per heavy atom. The second-order valence-electron chi connectivity index (χ2n) is 3.05. The lowest BCUT2D eigenvalue weighted by Crippen LogP contribution is -2.04. The first-order chi connectivity index (χ1) is 6.16. The first-order valence-corrected chi connectivity index (χ1v) is 3.99. The van der Waals surface area contributed by atoms with E-state index in [1.807, 2.05) is 6.92 Å². The van der Waals surface area contributed by atoms with Crippen LogP contribution in [0.3, 0.4) is 0 Å². The van der Waals surface area contributed by atoms with E-state index < -0.39 is 0 Å². The number of H-pyrrole nitrogens is 1. The van der Waals surface area contributed by atoms with Crippen LogP contribution in [0.25, 0.3) is 10.9 Å². The van der Waals surface area contributed by atoms with Gasteiger partial charge in [0.1, 0.15) is 5.75 Å². The number of aromatic amines is 1. The summed E-state index contributed by atoms with van der Waals surface area (Å²) >= 11 is 0. The first-order valence-electron chi connectivity index (χ1n) is 3.99. The highest BCUT2D eigenvalue weighted by atomic mass is 16.3.